The molecule has 18 heavy (non-hydrogen) atoms. The van der Waals surface area contributed by atoms with Gasteiger partial charge in [0.05, 0.1) is 11.6 Å². The molecular formula is C13H13ClN2OS. The van der Waals surface area contributed by atoms with Crippen LogP contribution in [0, 0.1) is 6.92 Å². The molecule has 3 nitrogen and oxygen atoms in total. The number of hydrogen-bond donors (Lipinski definition) is 1. The molecule has 1 heterocycles. The predicted molar refractivity (Wildman–Crippen MR) is 74.0 cm³/mol. The molecule has 1 aromatic heterocycles. The molecule has 1 N–H and O–H groups in total. The van der Waals surface area contributed by atoms with E-state index in [1.54, 1.807) is 29.7 Å². The number of halogens is 1. The molecule has 5 heteroatoms. The van der Waals surface area contributed by atoms with Gasteiger partial charge in [0.2, 0.25) is 0 Å². The Morgan fingerprint density at radius 3 is 2.67 bits per heavy atom. The number of benzene rings is 1. The molecule has 0 aliphatic carbocycles. The fraction of sp³-hybridized carbons (Fsp3) is 0.231. The second kappa shape index (κ2) is 5.98. The van der Waals surface area contributed by atoms with Crippen molar-refractivity contribution in [2.75, 3.05) is 0 Å². The van der Waals surface area contributed by atoms with Crippen LogP contribution in [0.4, 0.5) is 0 Å². The highest BCUT2D eigenvalue weighted by Crippen LogP contribution is 2.11. The number of carbonyl (C=O) groups excluding carboxylic acids is 1. The zero-order chi connectivity index (χ0) is 13.0. The van der Waals surface area contributed by atoms with Gasteiger partial charge in [0.15, 0.2) is 0 Å². The van der Waals surface area contributed by atoms with Gasteiger partial charge >= 0.3 is 0 Å². The second-order valence-electron chi connectivity index (χ2n) is 3.86. The van der Waals surface area contributed by atoms with Crippen LogP contribution in [0.3, 0.4) is 0 Å². The molecule has 0 unspecified atom stereocenters. The highest BCUT2D eigenvalue weighted by molar-refractivity contribution is 7.11. The lowest BCUT2D eigenvalue weighted by atomic mass is 10.1. The van der Waals surface area contributed by atoms with Gasteiger partial charge in [0.1, 0.15) is 0 Å². The maximum atomic E-state index is 11.9. The zero-order valence-electron chi connectivity index (χ0n) is 9.94. The first-order valence-electron chi connectivity index (χ1n) is 5.53. The molecule has 0 saturated heterocycles. The first-order valence-corrected chi connectivity index (χ1v) is 6.88. The van der Waals surface area contributed by atoms with Crippen molar-refractivity contribution in [3.63, 3.8) is 0 Å². The molecule has 94 valence electrons. The van der Waals surface area contributed by atoms with Crippen molar-refractivity contribution in [2.24, 2.45) is 0 Å². The normalized spacial score (nSPS) is 10.3. The van der Waals surface area contributed by atoms with Crippen LogP contribution in [0.5, 0.6) is 0 Å². The van der Waals surface area contributed by atoms with E-state index >= 15 is 0 Å². The SMILES string of the molecule is Cc1ncc(CNC(=O)c2ccc(CCl)cc2)s1. The Morgan fingerprint density at radius 2 is 2.11 bits per heavy atom. The summed E-state index contributed by atoms with van der Waals surface area (Å²) in [4.78, 5) is 17.1. The minimum Gasteiger partial charge on any atom is -0.347 e. The van der Waals surface area contributed by atoms with Crippen LogP contribution in [-0.2, 0) is 12.4 Å². The lowest BCUT2D eigenvalue weighted by molar-refractivity contribution is 0.0951. The number of aryl methyl sites for hydroxylation is 1. The summed E-state index contributed by atoms with van der Waals surface area (Å²) in [6.07, 6.45) is 1.79. The van der Waals surface area contributed by atoms with Gasteiger partial charge in [0.25, 0.3) is 5.91 Å². The van der Waals surface area contributed by atoms with Crippen molar-refractivity contribution in [1.29, 1.82) is 0 Å². The number of rotatable bonds is 4. The van der Waals surface area contributed by atoms with Crippen LogP contribution >= 0.6 is 22.9 Å². The first kappa shape index (κ1) is 13.1. The molecule has 1 amide bonds. The Kier molecular flexibility index (Phi) is 4.33. The number of hydrogen-bond acceptors (Lipinski definition) is 3. The molecule has 0 radical (unpaired) electrons. The highest BCUT2D eigenvalue weighted by atomic mass is 35.5. The molecule has 2 aromatic rings. The van der Waals surface area contributed by atoms with E-state index in [-0.39, 0.29) is 5.91 Å². The van der Waals surface area contributed by atoms with E-state index in [1.165, 1.54) is 0 Å². The van der Waals surface area contributed by atoms with Crippen LogP contribution in [0.2, 0.25) is 0 Å². The first-order chi connectivity index (χ1) is 8.69. The fourth-order valence-electron chi connectivity index (χ4n) is 1.50. The minimum atomic E-state index is -0.0813. The smallest absolute Gasteiger partial charge is 0.251 e. The van der Waals surface area contributed by atoms with Crippen molar-refractivity contribution >= 4 is 28.8 Å². The van der Waals surface area contributed by atoms with Gasteiger partial charge < -0.3 is 5.32 Å². The Bertz CT molecular complexity index is 536. The van der Waals surface area contributed by atoms with Crippen LogP contribution in [-0.4, -0.2) is 10.9 Å². The van der Waals surface area contributed by atoms with E-state index in [0.717, 1.165) is 15.4 Å². The van der Waals surface area contributed by atoms with E-state index in [9.17, 15) is 4.79 Å². The lowest BCUT2D eigenvalue weighted by Gasteiger charge is -2.04. The molecule has 0 atom stereocenters. The summed E-state index contributed by atoms with van der Waals surface area (Å²) >= 11 is 7.28. The molecule has 2 rings (SSSR count). The topological polar surface area (TPSA) is 42.0 Å². The van der Waals surface area contributed by atoms with Crippen molar-refractivity contribution in [3.05, 3.63) is 51.5 Å². The lowest BCUT2D eigenvalue weighted by Crippen LogP contribution is -2.22. The monoisotopic (exact) mass is 280 g/mol. The van der Waals surface area contributed by atoms with Crippen LogP contribution in [0.25, 0.3) is 0 Å². The van der Waals surface area contributed by atoms with Crippen LogP contribution < -0.4 is 5.32 Å². The average Bonchev–Trinajstić information content (AvgIpc) is 2.82. The summed E-state index contributed by atoms with van der Waals surface area (Å²) in [6.45, 7) is 2.46. The highest BCUT2D eigenvalue weighted by Gasteiger charge is 2.06. The van der Waals surface area contributed by atoms with Gasteiger partial charge in [-0.25, -0.2) is 4.98 Å². The number of nitrogens with one attached hydrogen (secondary N) is 1. The summed E-state index contributed by atoms with van der Waals surface area (Å²) in [5.41, 5.74) is 1.65. The summed E-state index contributed by atoms with van der Waals surface area (Å²) in [5, 5.41) is 3.87. The molecule has 1 aromatic carbocycles. The van der Waals surface area contributed by atoms with Gasteiger partial charge in [-0.15, -0.1) is 22.9 Å². The van der Waals surface area contributed by atoms with Gasteiger partial charge in [-0.05, 0) is 24.6 Å². The van der Waals surface area contributed by atoms with E-state index in [1.807, 2.05) is 19.1 Å². The Hall–Kier alpha value is -1.39. The molecule has 0 saturated carbocycles. The van der Waals surface area contributed by atoms with Crippen molar-refractivity contribution < 1.29 is 4.79 Å². The standard InChI is InChI=1S/C13H13ClN2OS/c1-9-15-7-12(18-9)8-16-13(17)11-4-2-10(6-14)3-5-11/h2-5,7H,6,8H2,1H3,(H,16,17). The van der Waals surface area contributed by atoms with Crippen LogP contribution in [0.1, 0.15) is 25.8 Å². The largest absolute Gasteiger partial charge is 0.347 e. The maximum absolute atomic E-state index is 11.9. The third-order valence-corrected chi connectivity index (χ3v) is 3.68. The van der Waals surface area contributed by atoms with Crippen LogP contribution in [0.15, 0.2) is 30.5 Å². The number of alkyl halides is 1. The molecule has 0 spiro atoms. The third-order valence-electron chi connectivity index (χ3n) is 2.46. The molecule has 0 aliphatic rings. The van der Waals surface area contributed by atoms with Crippen molar-refractivity contribution in [1.82, 2.24) is 10.3 Å². The van der Waals surface area contributed by atoms with Crippen molar-refractivity contribution in [2.45, 2.75) is 19.3 Å². The molecule has 0 aliphatic heterocycles. The Morgan fingerprint density at radius 1 is 1.39 bits per heavy atom. The third kappa shape index (κ3) is 3.31. The van der Waals surface area contributed by atoms with Crippen molar-refractivity contribution in [3.8, 4) is 0 Å². The molecule has 0 bridgehead atoms. The number of aromatic nitrogens is 1. The number of thiazole rings is 1. The summed E-state index contributed by atoms with van der Waals surface area (Å²) in [6, 6.07) is 7.29. The van der Waals surface area contributed by atoms with E-state index in [2.05, 4.69) is 10.3 Å². The predicted octanol–water partition coefficient (Wildman–Crippen LogP) is 3.12. The summed E-state index contributed by atoms with van der Waals surface area (Å²) in [5.74, 6) is 0.379. The molecule has 0 fully saturated rings. The molecular weight excluding hydrogens is 268 g/mol. The van der Waals surface area contributed by atoms with Gasteiger partial charge in [-0.3, -0.25) is 4.79 Å². The van der Waals surface area contributed by atoms with E-state index < -0.39 is 0 Å². The zero-order valence-corrected chi connectivity index (χ0v) is 11.5. The number of carbonyl (C=O) groups is 1. The number of nitrogens with zero attached hydrogens (tertiary/aromatic N) is 1. The average molecular weight is 281 g/mol. The summed E-state index contributed by atoms with van der Waals surface area (Å²) in [7, 11) is 0. The van der Waals surface area contributed by atoms with E-state index in [0.29, 0.717) is 18.0 Å². The van der Waals surface area contributed by atoms with Gasteiger partial charge in [-0.1, -0.05) is 12.1 Å². The quantitative estimate of drug-likeness (QED) is 0.875. The maximum Gasteiger partial charge on any atom is 0.251 e. The van der Waals surface area contributed by atoms with E-state index in [4.69, 9.17) is 11.6 Å². The van der Waals surface area contributed by atoms with Gasteiger partial charge in [0, 0.05) is 22.5 Å². The fourth-order valence-corrected chi connectivity index (χ4v) is 2.41. The summed E-state index contributed by atoms with van der Waals surface area (Å²) < 4.78 is 0. The Labute approximate surface area is 115 Å². The Balaban J connectivity index is 1.94. The van der Waals surface area contributed by atoms with Gasteiger partial charge in [-0.2, -0.15) is 0 Å². The second-order valence-corrected chi connectivity index (χ2v) is 5.45. The minimum absolute atomic E-state index is 0.0813. The number of amides is 1.